The third-order valence-corrected chi connectivity index (χ3v) is 1.52. The topological polar surface area (TPSA) is 68.0 Å². The summed E-state index contributed by atoms with van der Waals surface area (Å²) in [6.07, 6.45) is 1.21. The molecule has 0 spiro atoms. The molecule has 1 atom stereocenters. The second-order valence-corrected chi connectivity index (χ2v) is 2.33. The molecule has 11 heavy (non-hydrogen) atoms. The average molecular weight is 176 g/mol. The van der Waals surface area contributed by atoms with Gasteiger partial charge in [0.05, 0.1) is 0 Å². The van der Waals surface area contributed by atoms with E-state index < -0.39 is 12.0 Å². The van der Waals surface area contributed by atoms with Crippen LogP contribution in [-0.4, -0.2) is 25.8 Å². The average Bonchev–Trinajstić information content (AvgIpc) is 2.33. The molecule has 0 aliphatic rings. The van der Waals surface area contributed by atoms with Gasteiger partial charge in [-0.05, 0) is 18.5 Å². The number of nitrogens with zero attached hydrogens (tertiary/aromatic N) is 3. The van der Waals surface area contributed by atoms with E-state index in [1.54, 1.807) is 0 Å². The van der Waals surface area contributed by atoms with Crippen molar-refractivity contribution in [3.8, 4) is 0 Å². The van der Waals surface area contributed by atoms with Crippen LogP contribution in [0.5, 0.6) is 0 Å². The van der Waals surface area contributed by atoms with Crippen molar-refractivity contribution in [1.29, 1.82) is 0 Å². The van der Waals surface area contributed by atoms with Crippen molar-refractivity contribution in [3.05, 3.63) is 11.6 Å². The van der Waals surface area contributed by atoms with E-state index in [2.05, 4.69) is 10.1 Å². The summed E-state index contributed by atoms with van der Waals surface area (Å²) in [6.45, 7) is 1.48. The van der Waals surface area contributed by atoms with Crippen LogP contribution in [0.4, 0.5) is 0 Å². The fraction of sp³-hybridized carbons (Fsp3) is 0.400. The van der Waals surface area contributed by atoms with Crippen LogP contribution >= 0.6 is 11.6 Å². The van der Waals surface area contributed by atoms with E-state index in [1.807, 2.05) is 0 Å². The highest BCUT2D eigenvalue weighted by Gasteiger charge is 2.16. The van der Waals surface area contributed by atoms with Crippen LogP contribution in [0.25, 0.3) is 0 Å². The van der Waals surface area contributed by atoms with Gasteiger partial charge in [-0.15, -0.1) is 0 Å². The molecule has 1 aromatic heterocycles. The van der Waals surface area contributed by atoms with Gasteiger partial charge in [-0.25, -0.2) is 14.5 Å². The van der Waals surface area contributed by atoms with Gasteiger partial charge in [0.15, 0.2) is 0 Å². The summed E-state index contributed by atoms with van der Waals surface area (Å²) in [5.74, 6) is -0.989. The predicted octanol–water partition coefficient (Wildman–Crippen LogP) is 0.577. The van der Waals surface area contributed by atoms with Crippen LogP contribution in [0.15, 0.2) is 6.33 Å². The molecule has 0 fully saturated rings. The van der Waals surface area contributed by atoms with Crippen LogP contribution in [0.2, 0.25) is 5.28 Å². The third-order valence-electron chi connectivity index (χ3n) is 1.25. The normalized spacial score (nSPS) is 12.9. The first-order chi connectivity index (χ1) is 5.13. The highest BCUT2D eigenvalue weighted by Crippen LogP contribution is 2.10. The molecular formula is C5H6ClN3O2. The number of aliphatic carboxylic acids is 1. The molecule has 1 N–H and O–H groups in total. The first-order valence-electron chi connectivity index (χ1n) is 2.90. The minimum absolute atomic E-state index is 0.0832. The summed E-state index contributed by atoms with van der Waals surface area (Å²) in [6, 6.07) is -0.773. The Hall–Kier alpha value is -1.10. The molecule has 1 unspecified atom stereocenters. The molecule has 0 saturated heterocycles. The quantitative estimate of drug-likeness (QED) is 0.714. The van der Waals surface area contributed by atoms with Crippen molar-refractivity contribution in [2.75, 3.05) is 0 Å². The number of halogens is 1. The molecule has 60 valence electrons. The summed E-state index contributed by atoms with van der Waals surface area (Å²) >= 11 is 5.50. The molecule has 0 saturated carbocycles. The van der Waals surface area contributed by atoms with Gasteiger partial charge >= 0.3 is 5.97 Å². The SMILES string of the molecule is CC(C(=O)O)n1ncnc1Cl. The smallest absolute Gasteiger partial charge is 0.328 e. The maximum atomic E-state index is 10.4. The van der Waals surface area contributed by atoms with Crippen LogP contribution < -0.4 is 0 Å². The zero-order chi connectivity index (χ0) is 8.43. The Morgan fingerprint density at radius 3 is 2.91 bits per heavy atom. The van der Waals surface area contributed by atoms with Crippen LogP contribution in [0.3, 0.4) is 0 Å². The molecule has 0 bridgehead atoms. The van der Waals surface area contributed by atoms with E-state index in [1.165, 1.54) is 13.3 Å². The van der Waals surface area contributed by atoms with Crippen molar-refractivity contribution in [2.45, 2.75) is 13.0 Å². The Labute approximate surface area is 67.6 Å². The summed E-state index contributed by atoms with van der Waals surface area (Å²) in [5, 5.41) is 12.2. The molecule has 0 amide bonds. The van der Waals surface area contributed by atoms with E-state index in [9.17, 15) is 4.79 Å². The van der Waals surface area contributed by atoms with E-state index in [0.717, 1.165) is 4.68 Å². The molecule has 0 aliphatic heterocycles. The fourth-order valence-electron chi connectivity index (χ4n) is 0.600. The van der Waals surface area contributed by atoms with E-state index in [4.69, 9.17) is 16.7 Å². The Kier molecular flexibility index (Phi) is 2.09. The molecule has 1 heterocycles. The molecular weight excluding hydrogens is 170 g/mol. The lowest BCUT2D eigenvalue weighted by Gasteiger charge is -2.05. The van der Waals surface area contributed by atoms with Gasteiger partial charge in [0, 0.05) is 0 Å². The molecule has 1 rings (SSSR count). The fourth-order valence-corrected chi connectivity index (χ4v) is 0.834. The van der Waals surface area contributed by atoms with Gasteiger partial charge in [-0.1, -0.05) is 0 Å². The minimum atomic E-state index is -0.989. The van der Waals surface area contributed by atoms with Gasteiger partial charge in [-0.2, -0.15) is 5.10 Å². The monoisotopic (exact) mass is 175 g/mol. The molecule has 0 aliphatic carbocycles. The largest absolute Gasteiger partial charge is 0.480 e. The zero-order valence-electron chi connectivity index (χ0n) is 5.73. The molecule has 0 aromatic carbocycles. The molecule has 5 nitrogen and oxygen atoms in total. The molecule has 1 aromatic rings. The summed E-state index contributed by atoms with van der Waals surface area (Å²) in [4.78, 5) is 14.0. The number of carboxylic acid groups (broad SMARTS) is 1. The number of aromatic nitrogens is 3. The second kappa shape index (κ2) is 2.87. The summed E-state index contributed by atoms with van der Waals surface area (Å²) < 4.78 is 1.13. The lowest BCUT2D eigenvalue weighted by atomic mass is 10.4. The number of hydrogen-bond acceptors (Lipinski definition) is 3. The van der Waals surface area contributed by atoms with Crippen molar-refractivity contribution in [2.24, 2.45) is 0 Å². The Balaban J connectivity index is 2.92. The second-order valence-electron chi connectivity index (χ2n) is 1.99. The first-order valence-corrected chi connectivity index (χ1v) is 3.28. The minimum Gasteiger partial charge on any atom is -0.480 e. The number of carboxylic acids is 1. The first kappa shape index (κ1) is 8.00. The molecule has 0 radical (unpaired) electrons. The van der Waals surface area contributed by atoms with Crippen molar-refractivity contribution in [3.63, 3.8) is 0 Å². The van der Waals surface area contributed by atoms with Gasteiger partial charge in [0.1, 0.15) is 12.4 Å². The van der Waals surface area contributed by atoms with Crippen LogP contribution in [0.1, 0.15) is 13.0 Å². The zero-order valence-corrected chi connectivity index (χ0v) is 6.49. The van der Waals surface area contributed by atoms with Gasteiger partial charge in [-0.3, -0.25) is 0 Å². The van der Waals surface area contributed by atoms with Crippen LogP contribution in [-0.2, 0) is 4.79 Å². The maximum absolute atomic E-state index is 10.4. The summed E-state index contributed by atoms with van der Waals surface area (Å²) in [7, 11) is 0. The van der Waals surface area contributed by atoms with E-state index >= 15 is 0 Å². The Bertz CT molecular complexity index is 272. The lowest BCUT2D eigenvalue weighted by Crippen LogP contribution is -2.16. The van der Waals surface area contributed by atoms with E-state index in [-0.39, 0.29) is 5.28 Å². The predicted molar refractivity (Wildman–Crippen MR) is 37.4 cm³/mol. The van der Waals surface area contributed by atoms with Crippen LogP contribution in [0, 0.1) is 0 Å². The highest BCUT2D eigenvalue weighted by atomic mass is 35.5. The van der Waals surface area contributed by atoms with Gasteiger partial charge in [0.2, 0.25) is 5.28 Å². The third kappa shape index (κ3) is 1.48. The number of rotatable bonds is 2. The molecule has 6 heteroatoms. The lowest BCUT2D eigenvalue weighted by molar-refractivity contribution is -0.140. The standard InChI is InChI=1S/C5H6ClN3O2/c1-3(4(10)11)9-5(6)7-2-8-9/h2-3H,1H3,(H,10,11). The van der Waals surface area contributed by atoms with E-state index in [0.29, 0.717) is 0 Å². The highest BCUT2D eigenvalue weighted by molar-refractivity contribution is 6.28. The number of carbonyl (C=O) groups is 1. The summed E-state index contributed by atoms with van der Waals surface area (Å²) in [5.41, 5.74) is 0. The van der Waals surface area contributed by atoms with Crippen molar-refractivity contribution >= 4 is 17.6 Å². The van der Waals surface area contributed by atoms with Gasteiger partial charge in [0.25, 0.3) is 0 Å². The van der Waals surface area contributed by atoms with Gasteiger partial charge < -0.3 is 5.11 Å². The number of hydrogen-bond donors (Lipinski definition) is 1. The maximum Gasteiger partial charge on any atom is 0.328 e. The Morgan fingerprint density at radius 2 is 2.55 bits per heavy atom. The Morgan fingerprint density at radius 1 is 1.91 bits per heavy atom. The van der Waals surface area contributed by atoms with Crippen molar-refractivity contribution < 1.29 is 9.90 Å². The van der Waals surface area contributed by atoms with Crippen molar-refractivity contribution in [1.82, 2.24) is 14.8 Å².